The van der Waals surface area contributed by atoms with Gasteiger partial charge in [-0.15, -0.1) is 0 Å². The van der Waals surface area contributed by atoms with Crippen molar-refractivity contribution >= 4 is 22.8 Å². The van der Waals surface area contributed by atoms with E-state index in [9.17, 15) is 4.39 Å². The first-order valence-corrected chi connectivity index (χ1v) is 6.97. The van der Waals surface area contributed by atoms with Crippen LogP contribution in [0.5, 0.6) is 0 Å². The van der Waals surface area contributed by atoms with Gasteiger partial charge in [0.1, 0.15) is 5.82 Å². The summed E-state index contributed by atoms with van der Waals surface area (Å²) < 4.78 is 12.9. The summed E-state index contributed by atoms with van der Waals surface area (Å²) in [4.78, 5) is 7.81. The Labute approximate surface area is 115 Å². The second-order valence-electron chi connectivity index (χ2n) is 4.37. The third-order valence-electron chi connectivity index (χ3n) is 3.00. The van der Waals surface area contributed by atoms with E-state index in [2.05, 4.69) is 16.9 Å². The van der Waals surface area contributed by atoms with Gasteiger partial charge in [0.05, 0.1) is 11.0 Å². The van der Waals surface area contributed by atoms with Crippen LogP contribution in [0.15, 0.2) is 53.7 Å². The Bertz CT molecular complexity index is 658. The fraction of sp³-hybridized carbons (Fsp3) is 0.133. The average Bonchev–Trinajstić information content (AvgIpc) is 2.81. The molecule has 0 saturated heterocycles. The number of H-pyrrole nitrogens is 1. The van der Waals surface area contributed by atoms with E-state index in [1.807, 2.05) is 36.4 Å². The maximum atomic E-state index is 12.9. The van der Waals surface area contributed by atoms with Gasteiger partial charge in [0, 0.05) is 5.25 Å². The van der Waals surface area contributed by atoms with E-state index in [0.29, 0.717) is 0 Å². The summed E-state index contributed by atoms with van der Waals surface area (Å²) in [6.45, 7) is 2.09. The zero-order valence-electron chi connectivity index (χ0n) is 10.4. The van der Waals surface area contributed by atoms with Gasteiger partial charge in [0.2, 0.25) is 0 Å². The molecule has 0 aliphatic carbocycles. The molecule has 0 saturated carbocycles. The van der Waals surface area contributed by atoms with E-state index in [4.69, 9.17) is 0 Å². The van der Waals surface area contributed by atoms with Crippen LogP contribution in [0.1, 0.15) is 17.7 Å². The summed E-state index contributed by atoms with van der Waals surface area (Å²) in [5.41, 5.74) is 3.10. The fourth-order valence-corrected chi connectivity index (χ4v) is 2.90. The number of aromatic amines is 1. The number of nitrogens with zero attached hydrogens (tertiary/aromatic N) is 1. The molecule has 0 aliphatic heterocycles. The summed E-state index contributed by atoms with van der Waals surface area (Å²) >= 11 is 1.64. The van der Waals surface area contributed by atoms with Crippen molar-refractivity contribution in [3.8, 4) is 0 Å². The van der Waals surface area contributed by atoms with E-state index in [0.717, 1.165) is 21.8 Å². The lowest BCUT2D eigenvalue weighted by molar-refractivity contribution is 0.627. The minimum Gasteiger partial charge on any atom is -0.333 e. The van der Waals surface area contributed by atoms with Gasteiger partial charge in [-0.3, -0.25) is 0 Å². The molecule has 4 heteroatoms. The van der Waals surface area contributed by atoms with E-state index in [-0.39, 0.29) is 11.1 Å². The van der Waals surface area contributed by atoms with Gasteiger partial charge in [-0.2, -0.15) is 0 Å². The van der Waals surface area contributed by atoms with Crippen LogP contribution in [0.3, 0.4) is 0 Å². The molecule has 1 heterocycles. The monoisotopic (exact) mass is 272 g/mol. The van der Waals surface area contributed by atoms with Gasteiger partial charge in [-0.1, -0.05) is 36.0 Å². The molecular formula is C15H13FN2S. The van der Waals surface area contributed by atoms with Gasteiger partial charge in [-0.05, 0) is 36.8 Å². The van der Waals surface area contributed by atoms with Crippen LogP contribution in [0.2, 0.25) is 0 Å². The molecule has 0 bridgehead atoms. The SMILES string of the molecule is CC(Sc1nc2ccccc2[nH]1)c1ccc(F)cc1. The van der Waals surface area contributed by atoms with E-state index in [1.165, 1.54) is 12.1 Å². The Balaban J connectivity index is 1.82. The van der Waals surface area contributed by atoms with Crippen molar-refractivity contribution in [3.63, 3.8) is 0 Å². The summed E-state index contributed by atoms with van der Waals surface area (Å²) in [6.07, 6.45) is 0. The van der Waals surface area contributed by atoms with Gasteiger partial charge in [-0.25, -0.2) is 9.37 Å². The number of benzene rings is 2. The molecule has 3 aromatic rings. The van der Waals surface area contributed by atoms with Gasteiger partial charge >= 0.3 is 0 Å². The molecular weight excluding hydrogens is 259 g/mol. The first-order chi connectivity index (χ1) is 9.22. The molecule has 0 aliphatic rings. The summed E-state index contributed by atoms with van der Waals surface area (Å²) in [6, 6.07) is 14.6. The minimum atomic E-state index is -0.204. The van der Waals surface area contributed by atoms with Crippen molar-refractivity contribution in [1.29, 1.82) is 0 Å². The number of hydrogen-bond acceptors (Lipinski definition) is 2. The number of imidazole rings is 1. The van der Waals surface area contributed by atoms with Crippen LogP contribution in [0, 0.1) is 5.82 Å². The standard InChI is InChI=1S/C15H13FN2S/c1-10(11-6-8-12(16)9-7-11)19-15-17-13-4-2-3-5-14(13)18-15/h2-10H,1H3,(H,17,18). The van der Waals surface area contributed by atoms with Crippen LogP contribution in [0.4, 0.5) is 4.39 Å². The van der Waals surface area contributed by atoms with E-state index < -0.39 is 0 Å². The largest absolute Gasteiger partial charge is 0.333 e. The highest BCUT2D eigenvalue weighted by atomic mass is 32.2. The zero-order chi connectivity index (χ0) is 13.2. The lowest BCUT2D eigenvalue weighted by atomic mass is 10.2. The second kappa shape index (κ2) is 5.05. The molecule has 2 nitrogen and oxygen atoms in total. The Kier molecular flexibility index (Phi) is 3.25. The number of rotatable bonds is 3. The van der Waals surface area contributed by atoms with E-state index >= 15 is 0 Å². The van der Waals surface area contributed by atoms with Gasteiger partial charge in [0.25, 0.3) is 0 Å². The first-order valence-electron chi connectivity index (χ1n) is 6.09. The summed E-state index contributed by atoms with van der Waals surface area (Å²) in [7, 11) is 0. The number of fused-ring (bicyclic) bond motifs is 1. The van der Waals surface area contributed by atoms with Crippen molar-refractivity contribution in [1.82, 2.24) is 9.97 Å². The highest BCUT2D eigenvalue weighted by molar-refractivity contribution is 7.99. The highest BCUT2D eigenvalue weighted by Crippen LogP contribution is 2.33. The van der Waals surface area contributed by atoms with Crippen molar-refractivity contribution in [3.05, 3.63) is 59.9 Å². The molecule has 0 fully saturated rings. The summed E-state index contributed by atoms with van der Waals surface area (Å²) in [5, 5.41) is 1.11. The van der Waals surface area contributed by atoms with Crippen molar-refractivity contribution in [2.45, 2.75) is 17.3 Å². The molecule has 96 valence electrons. The van der Waals surface area contributed by atoms with Gasteiger partial charge in [0.15, 0.2) is 5.16 Å². The number of nitrogens with one attached hydrogen (secondary N) is 1. The predicted octanol–water partition coefficient (Wildman–Crippen LogP) is 4.56. The lowest BCUT2D eigenvalue weighted by Crippen LogP contribution is -1.89. The van der Waals surface area contributed by atoms with E-state index in [1.54, 1.807) is 11.8 Å². The number of thioether (sulfide) groups is 1. The molecule has 19 heavy (non-hydrogen) atoms. The fourth-order valence-electron chi connectivity index (χ4n) is 1.95. The molecule has 0 amide bonds. The lowest BCUT2D eigenvalue weighted by Gasteiger charge is -2.09. The topological polar surface area (TPSA) is 28.7 Å². The van der Waals surface area contributed by atoms with Crippen molar-refractivity contribution in [2.75, 3.05) is 0 Å². The van der Waals surface area contributed by atoms with Crippen molar-refractivity contribution in [2.24, 2.45) is 0 Å². The number of hydrogen-bond donors (Lipinski definition) is 1. The highest BCUT2D eigenvalue weighted by Gasteiger charge is 2.10. The molecule has 0 radical (unpaired) electrons. The molecule has 1 atom stereocenters. The van der Waals surface area contributed by atoms with Gasteiger partial charge < -0.3 is 4.98 Å². The predicted molar refractivity (Wildman–Crippen MR) is 76.8 cm³/mol. The zero-order valence-corrected chi connectivity index (χ0v) is 11.2. The minimum absolute atomic E-state index is 0.204. The third-order valence-corrected chi connectivity index (χ3v) is 4.04. The molecule has 0 spiro atoms. The molecule has 1 unspecified atom stereocenters. The van der Waals surface area contributed by atoms with Crippen LogP contribution in [0.25, 0.3) is 11.0 Å². The average molecular weight is 272 g/mol. The van der Waals surface area contributed by atoms with Crippen LogP contribution in [-0.4, -0.2) is 9.97 Å². The Hall–Kier alpha value is -1.81. The Morgan fingerprint density at radius 1 is 1.11 bits per heavy atom. The Morgan fingerprint density at radius 3 is 2.58 bits per heavy atom. The molecule has 2 aromatic carbocycles. The second-order valence-corrected chi connectivity index (χ2v) is 5.70. The maximum absolute atomic E-state index is 12.9. The molecule has 1 N–H and O–H groups in total. The van der Waals surface area contributed by atoms with Crippen LogP contribution >= 0.6 is 11.8 Å². The first kappa shape index (κ1) is 12.2. The quantitative estimate of drug-likeness (QED) is 0.708. The van der Waals surface area contributed by atoms with Crippen molar-refractivity contribution < 1.29 is 4.39 Å². The molecule has 1 aromatic heterocycles. The number of halogens is 1. The normalized spacial score (nSPS) is 12.7. The number of aromatic nitrogens is 2. The number of para-hydroxylation sites is 2. The van der Waals surface area contributed by atoms with Crippen LogP contribution in [-0.2, 0) is 0 Å². The molecule has 3 rings (SSSR count). The maximum Gasteiger partial charge on any atom is 0.166 e. The Morgan fingerprint density at radius 2 is 1.84 bits per heavy atom. The smallest absolute Gasteiger partial charge is 0.166 e. The summed E-state index contributed by atoms with van der Waals surface area (Å²) in [5.74, 6) is -0.204. The van der Waals surface area contributed by atoms with Crippen LogP contribution < -0.4 is 0 Å². The third kappa shape index (κ3) is 2.63.